The van der Waals surface area contributed by atoms with E-state index in [1.807, 2.05) is 0 Å². The van der Waals surface area contributed by atoms with Crippen LogP contribution in [0.2, 0.25) is 0 Å². The third kappa shape index (κ3) is 12.9. The molecule has 0 aromatic heterocycles. The summed E-state index contributed by atoms with van der Waals surface area (Å²) in [6.45, 7) is 5.87. The van der Waals surface area contributed by atoms with Crippen molar-refractivity contribution < 1.29 is 8.42 Å². The van der Waals surface area contributed by atoms with E-state index in [1.165, 1.54) is 51.4 Å². The van der Waals surface area contributed by atoms with E-state index in [4.69, 9.17) is 0 Å². The molecule has 0 aliphatic carbocycles. The van der Waals surface area contributed by atoms with Crippen LogP contribution in [0, 0.1) is 0 Å². The summed E-state index contributed by atoms with van der Waals surface area (Å²) in [5, 5.41) is 0. The van der Waals surface area contributed by atoms with Crippen LogP contribution in [0.4, 0.5) is 0 Å². The van der Waals surface area contributed by atoms with Crippen molar-refractivity contribution in [3.8, 4) is 0 Å². The molecule has 0 saturated heterocycles. The highest BCUT2D eigenvalue weighted by molar-refractivity contribution is 7.69. The first-order valence-electron chi connectivity index (χ1n) is 8.61. The van der Waals surface area contributed by atoms with Gasteiger partial charge in [-0.1, -0.05) is 78.1 Å². The van der Waals surface area contributed by atoms with E-state index in [0.717, 1.165) is 38.8 Å². The second kappa shape index (κ2) is 15.3. The second-order valence-electron chi connectivity index (χ2n) is 5.73. The Morgan fingerprint density at radius 3 is 1.30 bits per heavy atom. The lowest BCUT2D eigenvalue weighted by Crippen LogP contribution is -2.24. The Balaban J connectivity index is 3.56. The third-order valence-corrected chi connectivity index (χ3v) is 4.63. The lowest BCUT2D eigenvalue weighted by atomic mass is 10.1. The molecule has 0 N–H and O–H groups in total. The first-order valence-corrected chi connectivity index (χ1v) is 9.74. The van der Waals surface area contributed by atoms with Gasteiger partial charge in [-0.3, -0.25) is 0 Å². The van der Waals surface area contributed by atoms with Crippen LogP contribution in [0.5, 0.6) is 0 Å². The fourth-order valence-electron chi connectivity index (χ4n) is 2.42. The zero-order valence-corrected chi connectivity index (χ0v) is 14.5. The van der Waals surface area contributed by atoms with Crippen LogP contribution in [0.3, 0.4) is 0 Å². The third-order valence-electron chi connectivity index (χ3n) is 3.77. The Morgan fingerprint density at radius 2 is 0.950 bits per heavy atom. The number of thiol groups is 1. The van der Waals surface area contributed by atoms with Gasteiger partial charge in [0.2, 0.25) is 10.9 Å². The molecule has 0 bridgehead atoms. The van der Waals surface area contributed by atoms with E-state index in [2.05, 4.69) is 13.8 Å². The minimum absolute atomic E-state index is 0.722. The van der Waals surface area contributed by atoms with Crippen LogP contribution in [0.25, 0.3) is 0 Å². The molecule has 0 aliphatic rings. The van der Waals surface area contributed by atoms with Crippen molar-refractivity contribution in [1.29, 1.82) is 0 Å². The Morgan fingerprint density at radius 1 is 0.600 bits per heavy atom. The molecule has 0 amide bonds. The van der Waals surface area contributed by atoms with E-state index < -0.39 is 10.9 Å². The highest BCUT2D eigenvalue weighted by Gasteiger charge is 2.06. The number of unbranched alkanes of at least 4 members (excludes halogenated alkanes) is 10. The molecular weight excluding hydrogens is 270 g/mol. The molecule has 0 heterocycles. The van der Waals surface area contributed by atoms with E-state index in [0.29, 0.717) is 0 Å². The molecule has 0 radical (unpaired) electrons. The summed E-state index contributed by atoms with van der Waals surface area (Å²) >= 11 is 0. The average molecular weight is 306 g/mol. The summed E-state index contributed by atoms with van der Waals surface area (Å²) in [6, 6.07) is 0. The van der Waals surface area contributed by atoms with E-state index in [-0.39, 0.29) is 0 Å². The molecule has 20 heavy (non-hydrogen) atoms. The Hall–Kier alpha value is -0.0900. The highest BCUT2D eigenvalue weighted by Crippen LogP contribution is 2.08. The quantitative estimate of drug-likeness (QED) is 0.356. The van der Waals surface area contributed by atoms with Gasteiger partial charge in [0, 0.05) is 13.1 Å². The first-order chi connectivity index (χ1) is 9.72. The van der Waals surface area contributed by atoms with Crippen molar-refractivity contribution in [3.63, 3.8) is 0 Å². The summed E-state index contributed by atoms with van der Waals surface area (Å²) in [4.78, 5) is 0. The summed E-state index contributed by atoms with van der Waals surface area (Å²) in [5.41, 5.74) is 0. The minimum Gasteiger partial charge on any atom is -0.215 e. The molecule has 0 spiro atoms. The van der Waals surface area contributed by atoms with Gasteiger partial charge in [0.1, 0.15) is 0 Å². The molecule has 0 fully saturated rings. The van der Waals surface area contributed by atoms with Gasteiger partial charge in [-0.05, 0) is 12.8 Å². The zero-order valence-electron chi connectivity index (χ0n) is 13.6. The Kier molecular flexibility index (Phi) is 15.2. The highest BCUT2D eigenvalue weighted by atomic mass is 32.2. The summed E-state index contributed by atoms with van der Waals surface area (Å²) in [5.74, 6) is 0. The maximum absolute atomic E-state index is 11.2. The largest absolute Gasteiger partial charge is 0.215 e. The Bertz CT molecular complexity index is 243. The molecular formula is C16H35NO2S. The molecule has 0 saturated carbocycles. The Labute approximate surface area is 128 Å². The lowest BCUT2D eigenvalue weighted by Gasteiger charge is -2.14. The van der Waals surface area contributed by atoms with E-state index in [9.17, 15) is 8.42 Å². The van der Waals surface area contributed by atoms with Crippen LogP contribution >= 0.6 is 0 Å². The lowest BCUT2D eigenvalue weighted by molar-refractivity contribution is 0.395. The standard InChI is InChI=1S/C16H35NO2S/c1-3-5-7-9-11-13-15-17(20(18)19)16-14-12-10-8-6-4-2/h20H,3-16H2,1-2H3. The van der Waals surface area contributed by atoms with Crippen molar-refractivity contribution in [3.05, 3.63) is 0 Å². The maximum Gasteiger partial charge on any atom is 0.203 e. The molecule has 0 rings (SSSR count). The van der Waals surface area contributed by atoms with Gasteiger partial charge in [0.25, 0.3) is 0 Å². The van der Waals surface area contributed by atoms with Gasteiger partial charge in [0.15, 0.2) is 0 Å². The van der Waals surface area contributed by atoms with Crippen LogP contribution in [0.1, 0.15) is 90.9 Å². The molecule has 122 valence electrons. The van der Waals surface area contributed by atoms with Crippen LogP contribution in [-0.4, -0.2) is 25.8 Å². The fraction of sp³-hybridized carbons (Fsp3) is 1.00. The van der Waals surface area contributed by atoms with Gasteiger partial charge in [-0.2, -0.15) is 0 Å². The SMILES string of the molecule is CCCCCCCCN(CCCCCCCC)[SH](=O)=O. The fourth-order valence-corrected chi connectivity index (χ4v) is 3.03. The van der Waals surface area contributed by atoms with Crippen molar-refractivity contribution in [2.24, 2.45) is 0 Å². The smallest absolute Gasteiger partial charge is 0.203 e. The normalized spacial score (nSPS) is 11.6. The molecule has 3 nitrogen and oxygen atoms in total. The molecule has 0 aliphatic heterocycles. The van der Waals surface area contributed by atoms with E-state index >= 15 is 0 Å². The topological polar surface area (TPSA) is 37.4 Å². The second-order valence-corrected chi connectivity index (χ2v) is 6.77. The van der Waals surface area contributed by atoms with Crippen LogP contribution in [-0.2, 0) is 10.9 Å². The van der Waals surface area contributed by atoms with Gasteiger partial charge < -0.3 is 0 Å². The number of rotatable bonds is 15. The van der Waals surface area contributed by atoms with Crippen molar-refractivity contribution in [2.45, 2.75) is 90.9 Å². The first kappa shape index (κ1) is 19.9. The van der Waals surface area contributed by atoms with Gasteiger partial charge in [-0.25, -0.2) is 12.7 Å². The van der Waals surface area contributed by atoms with Crippen molar-refractivity contribution in [2.75, 3.05) is 13.1 Å². The van der Waals surface area contributed by atoms with Gasteiger partial charge in [0.05, 0.1) is 0 Å². The van der Waals surface area contributed by atoms with Crippen molar-refractivity contribution in [1.82, 2.24) is 4.31 Å². The average Bonchev–Trinajstić information content (AvgIpc) is 2.43. The minimum atomic E-state index is -2.39. The molecule has 0 aromatic carbocycles. The van der Waals surface area contributed by atoms with Crippen molar-refractivity contribution >= 4 is 10.9 Å². The molecule has 4 heteroatoms. The number of hydrogen-bond donors (Lipinski definition) is 1. The number of nitrogens with zero attached hydrogens (tertiary/aromatic N) is 1. The molecule has 0 atom stereocenters. The molecule has 0 aromatic rings. The van der Waals surface area contributed by atoms with E-state index in [1.54, 1.807) is 4.31 Å². The zero-order chi connectivity index (χ0) is 15.1. The van der Waals surface area contributed by atoms with Gasteiger partial charge >= 0.3 is 0 Å². The summed E-state index contributed by atoms with van der Waals surface area (Å²) < 4.78 is 24.0. The van der Waals surface area contributed by atoms with Crippen LogP contribution < -0.4 is 0 Å². The monoisotopic (exact) mass is 305 g/mol. The maximum atomic E-state index is 11.2. The van der Waals surface area contributed by atoms with Gasteiger partial charge in [-0.15, -0.1) is 0 Å². The summed E-state index contributed by atoms with van der Waals surface area (Å²) in [6.07, 6.45) is 14.6. The van der Waals surface area contributed by atoms with Crippen LogP contribution in [0.15, 0.2) is 0 Å². The number of hydrogen-bond acceptors (Lipinski definition) is 2. The molecule has 0 unspecified atom stereocenters. The predicted octanol–water partition coefficient (Wildman–Crippen LogP) is 4.54. The predicted molar refractivity (Wildman–Crippen MR) is 88.6 cm³/mol. The summed E-state index contributed by atoms with van der Waals surface area (Å²) in [7, 11) is -2.39.